The number of β-amino-alcohol motifs (C(OH)–C–C–N with tert-alkyl or cyclic N) is 1. The standard InChI is InChI=1S/C16H33N3O/c1-17-14-16(6-4-2-3-5-7-16)15-19-10-8-18(9-11-19)12-13-20/h17,20H,2-15H2,1H3. The molecule has 0 aromatic rings. The van der Waals surface area contributed by atoms with E-state index in [0.29, 0.717) is 12.0 Å². The maximum Gasteiger partial charge on any atom is 0.0558 e. The van der Waals surface area contributed by atoms with Crippen molar-refractivity contribution < 1.29 is 5.11 Å². The molecule has 1 aliphatic carbocycles. The predicted molar refractivity (Wildman–Crippen MR) is 84.0 cm³/mol. The van der Waals surface area contributed by atoms with E-state index in [0.717, 1.165) is 19.6 Å². The highest BCUT2D eigenvalue weighted by molar-refractivity contribution is 4.88. The first kappa shape index (κ1) is 16.2. The molecule has 0 spiro atoms. The van der Waals surface area contributed by atoms with Crippen molar-refractivity contribution in [2.24, 2.45) is 5.41 Å². The van der Waals surface area contributed by atoms with Gasteiger partial charge in [0, 0.05) is 45.8 Å². The van der Waals surface area contributed by atoms with Gasteiger partial charge in [0.25, 0.3) is 0 Å². The van der Waals surface area contributed by atoms with Gasteiger partial charge >= 0.3 is 0 Å². The molecule has 4 heteroatoms. The van der Waals surface area contributed by atoms with Crippen molar-refractivity contribution in [2.45, 2.75) is 38.5 Å². The van der Waals surface area contributed by atoms with E-state index in [-0.39, 0.29) is 0 Å². The normalized spacial score (nSPS) is 25.5. The predicted octanol–water partition coefficient (Wildman–Crippen LogP) is 1.16. The van der Waals surface area contributed by atoms with Gasteiger partial charge in [0.1, 0.15) is 0 Å². The largest absolute Gasteiger partial charge is 0.395 e. The smallest absolute Gasteiger partial charge is 0.0558 e. The van der Waals surface area contributed by atoms with Gasteiger partial charge in [-0.1, -0.05) is 25.7 Å². The molecule has 1 heterocycles. The molecule has 0 unspecified atom stereocenters. The summed E-state index contributed by atoms with van der Waals surface area (Å²) in [6.45, 7) is 8.16. The van der Waals surface area contributed by atoms with Crippen molar-refractivity contribution >= 4 is 0 Å². The summed E-state index contributed by atoms with van der Waals surface area (Å²) < 4.78 is 0. The van der Waals surface area contributed by atoms with Crippen LogP contribution in [0, 0.1) is 5.41 Å². The molecule has 2 rings (SSSR count). The number of aliphatic hydroxyl groups excluding tert-OH is 1. The minimum atomic E-state index is 0.295. The van der Waals surface area contributed by atoms with E-state index in [1.54, 1.807) is 0 Å². The summed E-state index contributed by atoms with van der Waals surface area (Å²) >= 11 is 0. The lowest BCUT2D eigenvalue weighted by Crippen LogP contribution is -2.52. The molecule has 0 aromatic heterocycles. The molecule has 0 amide bonds. The Kier molecular flexibility index (Phi) is 6.75. The summed E-state index contributed by atoms with van der Waals surface area (Å²) in [5.74, 6) is 0. The molecule has 4 nitrogen and oxygen atoms in total. The Labute approximate surface area is 124 Å². The Bertz CT molecular complexity index is 256. The molecular weight excluding hydrogens is 250 g/mol. The molecule has 1 saturated carbocycles. The number of nitrogens with one attached hydrogen (secondary N) is 1. The fraction of sp³-hybridized carbons (Fsp3) is 1.00. The monoisotopic (exact) mass is 283 g/mol. The average Bonchev–Trinajstić information content (AvgIpc) is 2.68. The Morgan fingerprint density at radius 3 is 2.10 bits per heavy atom. The summed E-state index contributed by atoms with van der Waals surface area (Å²) in [6, 6.07) is 0. The molecular formula is C16H33N3O. The van der Waals surface area contributed by atoms with Gasteiger partial charge in [-0.15, -0.1) is 0 Å². The fourth-order valence-corrected chi connectivity index (χ4v) is 4.03. The number of hydrogen-bond acceptors (Lipinski definition) is 4. The van der Waals surface area contributed by atoms with Gasteiger partial charge in [-0.25, -0.2) is 0 Å². The molecule has 0 radical (unpaired) electrons. The number of rotatable bonds is 6. The van der Waals surface area contributed by atoms with E-state index >= 15 is 0 Å². The molecule has 0 aromatic carbocycles. The molecule has 1 saturated heterocycles. The molecule has 2 N–H and O–H groups in total. The minimum absolute atomic E-state index is 0.295. The fourth-order valence-electron chi connectivity index (χ4n) is 4.03. The van der Waals surface area contributed by atoms with Crippen LogP contribution in [0.25, 0.3) is 0 Å². The maximum absolute atomic E-state index is 9.02. The third kappa shape index (κ3) is 4.69. The van der Waals surface area contributed by atoms with Crippen molar-refractivity contribution in [1.29, 1.82) is 0 Å². The van der Waals surface area contributed by atoms with Gasteiger partial charge in [-0.05, 0) is 25.3 Å². The van der Waals surface area contributed by atoms with Crippen molar-refractivity contribution in [3.05, 3.63) is 0 Å². The van der Waals surface area contributed by atoms with Gasteiger partial charge in [0.05, 0.1) is 6.61 Å². The Morgan fingerprint density at radius 1 is 0.950 bits per heavy atom. The van der Waals surface area contributed by atoms with Crippen LogP contribution in [0.4, 0.5) is 0 Å². The van der Waals surface area contributed by atoms with Crippen molar-refractivity contribution in [1.82, 2.24) is 15.1 Å². The van der Waals surface area contributed by atoms with Crippen LogP contribution in [0.5, 0.6) is 0 Å². The van der Waals surface area contributed by atoms with E-state index in [2.05, 4.69) is 22.2 Å². The van der Waals surface area contributed by atoms with E-state index in [1.807, 2.05) is 0 Å². The zero-order valence-corrected chi connectivity index (χ0v) is 13.2. The number of piperazine rings is 1. The lowest BCUT2D eigenvalue weighted by molar-refractivity contribution is 0.0679. The first-order valence-corrected chi connectivity index (χ1v) is 8.48. The highest BCUT2D eigenvalue weighted by Crippen LogP contribution is 2.35. The number of hydrogen-bond donors (Lipinski definition) is 2. The highest BCUT2D eigenvalue weighted by atomic mass is 16.3. The van der Waals surface area contributed by atoms with Gasteiger partial charge in [-0.3, -0.25) is 4.90 Å². The summed E-state index contributed by atoms with van der Waals surface area (Å²) in [6.07, 6.45) is 8.46. The molecule has 2 aliphatic rings. The third-order valence-electron chi connectivity index (χ3n) is 5.16. The van der Waals surface area contributed by atoms with E-state index in [9.17, 15) is 0 Å². The summed E-state index contributed by atoms with van der Waals surface area (Å²) in [5.41, 5.74) is 0.504. The number of aliphatic hydroxyl groups is 1. The third-order valence-corrected chi connectivity index (χ3v) is 5.16. The SMILES string of the molecule is CNCC1(CN2CCN(CCO)CC2)CCCCCC1. The second-order valence-corrected chi connectivity index (χ2v) is 6.79. The first-order valence-electron chi connectivity index (χ1n) is 8.48. The van der Waals surface area contributed by atoms with E-state index in [1.165, 1.54) is 64.7 Å². The Balaban J connectivity index is 1.85. The Hall–Kier alpha value is -0.160. The molecule has 0 atom stereocenters. The van der Waals surface area contributed by atoms with Crippen LogP contribution in [0.3, 0.4) is 0 Å². The second-order valence-electron chi connectivity index (χ2n) is 6.79. The average molecular weight is 283 g/mol. The minimum Gasteiger partial charge on any atom is -0.395 e. The van der Waals surface area contributed by atoms with Gasteiger partial charge in [0.15, 0.2) is 0 Å². The van der Waals surface area contributed by atoms with Crippen LogP contribution in [-0.2, 0) is 0 Å². The van der Waals surface area contributed by atoms with Crippen molar-refractivity contribution in [3.8, 4) is 0 Å². The summed E-state index contributed by atoms with van der Waals surface area (Å²) in [5, 5.41) is 12.5. The molecule has 2 fully saturated rings. The van der Waals surface area contributed by atoms with Crippen molar-refractivity contribution in [3.63, 3.8) is 0 Å². The van der Waals surface area contributed by atoms with Gasteiger partial charge < -0.3 is 15.3 Å². The van der Waals surface area contributed by atoms with Crippen LogP contribution < -0.4 is 5.32 Å². The zero-order valence-electron chi connectivity index (χ0n) is 13.2. The number of nitrogens with zero attached hydrogens (tertiary/aromatic N) is 2. The molecule has 118 valence electrons. The summed E-state index contributed by atoms with van der Waals surface area (Å²) in [4.78, 5) is 5.05. The van der Waals surface area contributed by atoms with Crippen LogP contribution in [0.2, 0.25) is 0 Å². The Morgan fingerprint density at radius 2 is 1.55 bits per heavy atom. The maximum atomic E-state index is 9.02. The quantitative estimate of drug-likeness (QED) is 0.718. The van der Waals surface area contributed by atoms with Gasteiger partial charge in [0.2, 0.25) is 0 Å². The second kappa shape index (κ2) is 8.32. The van der Waals surface area contributed by atoms with Crippen LogP contribution >= 0.6 is 0 Å². The van der Waals surface area contributed by atoms with E-state index in [4.69, 9.17) is 5.11 Å². The molecule has 20 heavy (non-hydrogen) atoms. The lowest BCUT2D eigenvalue weighted by Gasteiger charge is -2.42. The van der Waals surface area contributed by atoms with Crippen LogP contribution in [0.15, 0.2) is 0 Å². The molecule has 0 bridgehead atoms. The zero-order chi connectivity index (χ0) is 14.3. The first-order chi connectivity index (χ1) is 9.78. The van der Waals surface area contributed by atoms with Crippen molar-refractivity contribution in [2.75, 3.05) is 59.5 Å². The van der Waals surface area contributed by atoms with Crippen LogP contribution in [-0.4, -0.2) is 74.4 Å². The van der Waals surface area contributed by atoms with Crippen LogP contribution in [0.1, 0.15) is 38.5 Å². The molecule has 1 aliphatic heterocycles. The highest BCUT2D eigenvalue weighted by Gasteiger charge is 2.33. The topological polar surface area (TPSA) is 38.7 Å². The summed E-state index contributed by atoms with van der Waals surface area (Å²) in [7, 11) is 2.10. The lowest BCUT2D eigenvalue weighted by atomic mass is 9.79. The van der Waals surface area contributed by atoms with E-state index < -0.39 is 0 Å². The van der Waals surface area contributed by atoms with Gasteiger partial charge in [-0.2, -0.15) is 0 Å².